The van der Waals surface area contributed by atoms with Crippen molar-refractivity contribution in [1.29, 1.82) is 0 Å². The first-order valence-electron chi connectivity index (χ1n) is 5.58. The van der Waals surface area contributed by atoms with Gasteiger partial charge < -0.3 is 4.74 Å². The summed E-state index contributed by atoms with van der Waals surface area (Å²) in [5.41, 5.74) is -1.40. The van der Waals surface area contributed by atoms with Crippen molar-refractivity contribution in [3.05, 3.63) is 0 Å². The average Bonchev–Trinajstić information content (AvgIpc) is 2.17. The summed E-state index contributed by atoms with van der Waals surface area (Å²) in [7, 11) is 1.97. The molecule has 2 atom stereocenters. The highest BCUT2D eigenvalue weighted by Crippen LogP contribution is 2.37. The summed E-state index contributed by atoms with van der Waals surface area (Å²) in [6, 6.07) is 0. The molecule has 0 saturated carbocycles. The molecule has 0 N–H and O–H groups in total. The molecule has 1 aliphatic heterocycles. The van der Waals surface area contributed by atoms with Gasteiger partial charge in [-0.05, 0) is 41.7 Å². The summed E-state index contributed by atoms with van der Waals surface area (Å²) >= 11 is 0. The van der Waals surface area contributed by atoms with Gasteiger partial charge in [0, 0.05) is 18.5 Å². The molecule has 0 aromatic carbocycles. The van der Waals surface area contributed by atoms with Crippen molar-refractivity contribution in [2.45, 2.75) is 57.8 Å². The van der Waals surface area contributed by atoms with E-state index in [1.165, 1.54) is 0 Å². The summed E-state index contributed by atoms with van der Waals surface area (Å²) < 4.78 is 19.7. The zero-order chi connectivity index (χ0) is 11.9. The average molecular weight is 217 g/mol. The largest absolute Gasteiger partial charge is 0.374 e. The van der Waals surface area contributed by atoms with Crippen LogP contribution in [0.4, 0.5) is 4.39 Å². The third-order valence-electron chi connectivity index (χ3n) is 3.05. The van der Waals surface area contributed by atoms with E-state index in [-0.39, 0.29) is 11.1 Å². The standard InChI is InChI=1S/C12H24FNO/c1-10(2,3)15-9-12(5)7-11(4,13)8-14(12)6/h7-9H2,1-6H3. The van der Waals surface area contributed by atoms with E-state index < -0.39 is 5.67 Å². The first-order chi connectivity index (χ1) is 6.54. The highest BCUT2D eigenvalue weighted by Gasteiger charge is 2.47. The highest BCUT2D eigenvalue weighted by molar-refractivity contribution is 5.01. The van der Waals surface area contributed by atoms with Crippen LogP contribution < -0.4 is 0 Å². The Balaban J connectivity index is 2.60. The van der Waals surface area contributed by atoms with E-state index in [0.717, 1.165) is 0 Å². The van der Waals surface area contributed by atoms with Crippen LogP contribution in [0, 0.1) is 0 Å². The van der Waals surface area contributed by atoms with E-state index in [4.69, 9.17) is 4.74 Å². The molecule has 0 aliphatic carbocycles. The minimum atomic E-state index is -1.08. The van der Waals surface area contributed by atoms with Crippen LogP contribution in [0.25, 0.3) is 0 Å². The molecule has 1 rings (SSSR count). The van der Waals surface area contributed by atoms with E-state index in [2.05, 4.69) is 11.8 Å². The van der Waals surface area contributed by atoms with E-state index in [1.807, 2.05) is 27.8 Å². The lowest BCUT2D eigenvalue weighted by Gasteiger charge is -2.34. The number of ether oxygens (including phenoxy) is 1. The summed E-state index contributed by atoms with van der Waals surface area (Å²) in [6.07, 6.45) is 0.548. The molecule has 0 bridgehead atoms. The van der Waals surface area contributed by atoms with E-state index in [1.54, 1.807) is 6.92 Å². The monoisotopic (exact) mass is 217 g/mol. The summed E-state index contributed by atoms with van der Waals surface area (Å²) in [5, 5.41) is 0. The van der Waals surface area contributed by atoms with E-state index >= 15 is 0 Å². The van der Waals surface area contributed by atoms with Gasteiger partial charge in [-0.15, -0.1) is 0 Å². The molecule has 0 aromatic rings. The topological polar surface area (TPSA) is 12.5 Å². The molecule has 1 heterocycles. The summed E-state index contributed by atoms with van der Waals surface area (Å²) in [6.45, 7) is 10.9. The van der Waals surface area contributed by atoms with E-state index in [0.29, 0.717) is 19.6 Å². The normalized spacial score (nSPS) is 38.6. The SMILES string of the molecule is CN1CC(C)(F)CC1(C)COC(C)(C)C. The molecule has 1 fully saturated rings. The number of nitrogens with zero attached hydrogens (tertiary/aromatic N) is 1. The van der Waals surface area contributed by atoms with Crippen LogP contribution >= 0.6 is 0 Å². The van der Waals surface area contributed by atoms with Crippen molar-refractivity contribution in [2.75, 3.05) is 20.2 Å². The van der Waals surface area contributed by atoms with Crippen LogP contribution in [-0.4, -0.2) is 41.9 Å². The predicted molar refractivity (Wildman–Crippen MR) is 60.9 cm³/mol. The molecule has 0 radical (unpaired) electrons. The van der Waals surface area contributed by atoms with Crippen molar-refractivity contribution in [3.63, 3.8) is 0 Å². The van der Waals surface area contributed by atoms with Crippen molar-refractivity contribution >= 4 is 0 Å². The van der Waals surface area contributed by atoms with Gasteiger partial charge in [0.1, 0.15) is 5.67 Å². The third kappa shape index (κ3) is 3.42. The number of hydrogen-bond acceptors (Lipinski definition) is 2. The molecule has 15 heavy (non-hydrogen) atoms. The Bertz CT molecular complexity index is 234. The number of halogens is 1. The zero-order valence-electron chi connectivity index (χ0n) is 10.9. The van der Waals surface area contributed by atoms with Crippen molar-refractivity contribution in [1.82, 2.24) is 4.90 Å². The predicted octanol–water partition coefficient (Wildman–Crippen LogP) is 2.62. The molecule has 3 heteroatoms. The first kappa shape index (κ1) is 12.9. The Morgan fingerprint density at radius 1 is 1.33 bits per heavy atom. The quantitative estimate of drug-likeness (QED) is 0.705. The summed E-state index contributed by atoms with van der Waals surface area (Å²) in [5.74, 6) is 0. The van der Waals surface area contributed by atoms with Gasteiger partial charge in [-0.25, -0.2) is 4.39 Å². The number of likely N-dealkylation sites (N-methyl/N-ethyl adjacent to an activating group) is 1. The lowest BCUT2D eigenvalue weighted by Crippen LogP contribution is -2.44. The third-order valence-corrected chi connectivity index (χ3v) is 3.05. The minimum Gasteiger partial charge on any atom is -0.374 e. The molecule has 1 aliphatic rings. The Hall–Kier alpha value is -0.150. The maximum Gasteiger partial charge on any atom is 0.122 e. The molecule has 2 unspecified atom stereocenters. The zero-order valence-corrected chi connectivity index (χ0v) is 10.9. The Morgan fingerprint density at radius 2 is 1.87 bits per heavy atom. The minimum absolute atomic E-state index is 0.154. The second-order valence-corrected chi connectivity index (χ2v) is 6.34. The second-order valence-electron chi connectivity index (χ2n) is 6.34. The number of hydrogen-bond donors (Lipinski definition) is 0. The Labute approximate surface area is 92.8 Å². The van der Waals surface area contributed by atoms with Crippen molar-refractivity contribution in [3.8, 4) is 0 Å². The fourth-order valence-electron chi connectivity index (χ4n) is 2.20. The number of likely N-dealkylation sites (tertiary alicyclic amines) is 1. The maximum absolute atomic E-state index is 13.9. The molecule has 0 spiro atoms. The smallest absolute Gasteiger partial charge is 0.122 e. The first-order valence-corrected chi connectivity index (χ1v) is 5.58. The summed E-state index contributed by atoms with van der Waals surface area (Å²) in [4.78, 5) is 2.07. The van der Waals surface area contributed by atoms with E-state index in [9.17, 15) is 4.39 Å². The van der Waals surface area contributed by atoms with Gasteiger partial charge in [0.25, 0.3) is 0 Å². The second kappa shape index (κ2) is 3.70. The lowest BCUT2D eigenvalue weighted by molar-refractivity contribution is -0.0524. The van der Waals surface area contributed by atoms with Gasteiger partial charge in [0.2, 0.25) is 0 Å². The van der Waals surface area contributed by atoms with Gasteiger partial charge in [0.15, 0.2) is 0 Å². The number of alkyl halides is 1. The molecule has 2 nitrogen and oxygen atoms in total. The van der Waals surface area contributed by atoms with Gasteiger partial charge in [-0.3, -0.25) is 4.90 Å². The maximum atomic E-state index is 13.9. The van der Waals surface area contributed by atoms with Crippen molar-refractivity contribution in [2.24, 2.45) is 0 Å². The van der Waals surface area contributed by atoms with Gasteiger partial charge >= 0.3 is 0 Å². The fourth-order valence-corrected chi connectivity index (χ4v) is 2.20. The Morgan fingerprint density at radius 3 is 2.20 bits per heavy atom. The lowest BCUT2D eigenvalue weighted by atomic mass is 9.94. The highest BCUT2D eigenvalue weighted by atomic mass is 19.1. The molecular weight excluding hydrogens is 193 g/mol. The number of rotatable bonds is 2. The van der Waals surface area contributed by atoms with Crippen LogP contribution in [0.1, 0.15) is 41.0 Å². The van der Waals surface area contributed by atoms with Crippen LogP contribution in [-0.2, 0) is 4.74 Å². The van der Waals surface area contributed by atoms with Crippen molar-refractivity contribution < 1.29 is 9.13 Å². The molecule has 0 amide bonds. The molecular formula is C12H24FNO. The van der Waals surface area contributed by atoms with Crippen LogP contribution in [0.5, 0.6) is 0 Å². The van der Waals surface area contributed by atoms with Crippen LogP contribution in [0.2, 0.25) is 0 Å². The Kier molecular flexibility index (Phi) is 3.19. The molecule has 90 valence electrons. The van der Waals surface area contributed by atoms with Gasteiger partial charge in [0.05, 0.1) is 12.2 Å². The van der Waals surface area contributed by atoms with Gasteiger partial charge in [-0.2, -0.15) is 0 Å². The molecule has 0 aromatic heterocycles. The van der Waals surface area contributed by atoms with Crippen LogP contribution in [0.3, 0.4) is 0 Å². The van der Waals surface area contributed by atoms with Crippen LogP contribution in [0.15, 0.2) is 0 Å². The fraction of sp³-hybridized carbons (Fsp3) is 1.00. The van der Waals surface area contributed by atoms with Gasteiger partial charge in [-0.1, -0.05) is 0 Å². The molecule has 1 saturated heterocycles.